The highest BCUT2D eigenvalue weighted by Crippen LogP contribution is 2.46. The summed E-state index contributed by atoms with van der Waals surface area (Å²) in [5.74, 6) is 0.653. The number of benzene rings is 1. The van der Waals surface area contributed by atoms with Crippen LogP contribution in [0.1, 0.15) is 160 Å². The van der Waals surface area contributed by atoms with Gasteiger partial charge in [-0.15, -0.1) is 0 Å². The van der Waals surface area contributed by atoms with Crippen LogP contribution in [-0.4, -0.2) is 16.8 Å². The standard InChI is InChI=1S/C32H58O3/c1-5-9-13-16-19-23-27-28(24-20-17-14-10-6-2)30(33)31(34)32(35-26-22-12-8-4)29(27)25-21-18-15-11-7-3/h33-34H,5-26H2,1-4H3. The first kappa shape index (κ1) is 31.6. The Labute approximate surface area is 218 Å². The van der Waals surface area contributed by atoms with Crippen LogP contribution in [-0.2, 0) is 19.3 Å². The lowest BCUT2D eigenvalue weighted by Gasteiger charge is -2.23. The Morgan fingerprint density at radius 3 is 1.31 bits per heavy atom. The van der Waals surface area contributed by atoms with Crippen molar-refractivity contribution in [2.24, 2.45) is 0 Å². The first-order valence-electron chi connectivity index (χ1n) is 15.3. The largest absolute Gasteiger partial charge is 0.504 e. The number of phenolic OH excluding ortho intramolecular Hbond substituents is 2. The van der Waals surface area contributed by atoms with E-state index in [-0.39, 0.29) is 11.5 Å². The third-order valence-corrected chi connectivity index (χ3v) is 7.31. The summed E-state index contributed by atoms with van der Waals surface area (Å²) < 4.78 is 6.22. The number of phenols is 2. The lowest BCUT2D eigenvalue weighted by molar-refractivity contribution is 0.279. The molecule has 0 radical (unpaired) electrons. The average molecular weight is 491 g/mol. The van der Waals surface area contributed by atoms with Gasteiger partial charge in [0.2, 0.25) is 5.75 Å². The number of hydrogen-bond donors (Lipinski definition) is 2. The number of hydrogen-bond acceptors (Lipinski definition) is 3. The second-order valence-corrected chi connectivity index (χ2v) is 10.5. The highest BCUT2D eigenvalue weighted by atomic mass is 16.5. The molecule has 0 aliphatic carbocycles. The van der Waals surface area contributed by atoms with E-state index in [9.17, 15) is 10.2 Å². The summed E-state index contributed by atoms with van der Waals surface area (Å²) in [7, 11) is 0. The Morgan fingerprint density at radius 2 is 0.829 bits per heavy atom. The van der Waals surface area contributed by atoms with E-state index < -0.39 is 0 Å². The Kier molecular flexibility index (Phi) is 18.8. The van der Waals surface area contributed by atoms with E-state index in [1.165, 1.54) is 88.2 Å². The maximum absolute atomic E-state index is 11.1. The molecule has 1 aromatic carbocycles. The van der Waals surface area contributed by atoms with Gasteiger partial charge < -0.3 is 14.9 Å². The van der Waals surface area contributed by atoms with Gasteiger partial charge in [-0.3, -0.25) is 0 Å². The van der Waals surface area contributed by atoms with Crippen molar-refractivity contribution in [2.45, 2.75) is 163 Å². The molecular formula is C32H58O3. The molecule has 0 saturated heterocycles. The summed E-state index contributed by atoms with van der Waals surface area (Å²) in [5, 5.41) is 22.2. The van der Waals surface area contributed by atoms with Crippen molar-refractivity contribution in [3.8, 4) is 17.2 Å². The van der Waals surface area contributed by atoms with Gasteiger partial charge in [0.15, 0.2) is 11.5 Å². The third-order valence-electron chi connectivity index (χ3n) is 7.31. The number of rotatable bonds is 23. The minimum Gasteiger partial charge on any atom is -0.504 e. The van der Waals surface area contributed by atoms with Crippen molar-refractivity contribution < 1.29 is 14.9 Å². The van der Waals surface area contributed by atoms with Gasteiger partial charge in [-0.25, -0.2) is 0 Å². The normalized spacial score (nSPS) is 11.3. The first-order chi connectivity index (χ1) is 17.1. The summed E-state index contributed by atoms with van der Waals surface area (Å²) in [4.78, 5) is 0. The Balaban J connectivity index is 3.21. The van der Waals surface area contributed by atoms with Gasteiger partial charge in [-0.05, 0) is 50.5 Å². The predicted octanol–water partition coefficient (Wildman–Crippen LogP) is 10.2. The highest BCUT2D eigenvalue weighted by molar-refractivity contribution is 5.62. The molecule has 0 fully saturated rings. The van der Waals surface area contributed by atoms with Gasteiger partial charge in [-0.1, -0.05) is 118 Å². The smallest absolute Gasteiger partial charge is 0.201 e. The molecular weight excluding hydrogens is 432 g/mol. The van der Waals surface area contributed by atoms with Crippen LogP contribution < -0.4 is 4.74 Å². The van der Waals surface area contributed by atoms with Gasteiger partial charge in [0.25, 0.3) is 0 Å². The summed E-state index contributed by atoms with van der Waals surface area (Å²) >= 11 is 0. The van der Waals surface area contributed by atoms with Crippen LogP contribution in [0.2, 0.25) is 0 Å². The zero-order valence-corrected chi connectivity index (χ0v) is 23.9. The molecule has 0 aromatic heterocycles. The van der Waals surface area contributed by atoms with Gasteiger partial charge >= 0.3 is 0 Å². The van der Waals surface area contributed by atoms with E-state index in [1.807, 2.05) is 0 Å². The molecule has 3 heteroatoms. The van der Waals surface area contributed by atoms with Crippen molar-refractivity contribution in [2.75, 3.05) is 6.61 Å². The van der Waals surface area contributed by atoms with Crippen LogP contribution in [0.4, 0.5) is 0 Å². The summed E-state index contributed by atoms with van der Waals surface area (Å²) in [6.45, 7) is 9.55. The van der Waals surface area contributed by atoms with E-state index in [4.69, 9.17) is 4.74 Å². The lowest BCUT2D eigenvalue weighted by Crippen LogP contribution is -2.08. The number of aromatic hydroxyl groups is 2. The monoisotopic (exact) mass is 490 g/mol. The molecule has 1 rings (SSSR count). The molecule has 0 saturated carbocycles. The maximum atomic E-state index is 11.1. The molecule has 1 aromatic rings. The van der Waals surface area contributed by atoms with Crippen LogP contribution >= 0.6 is 0 Å². The van der Waals surface area contributed by atoms with Crippen molar-refractivity contribution in [3.63, 3.8) is 0 Å². The SMILES string of the molecule is CCCCCCCc1c(O)c(O)c(OCCCCC)c(CCCCCCC)c1CCCCCCC. The third kappa shape index (κ3) is 12.4. The predicted molar refractivity (Wildman–Crippen MR) is 152 cm³/mol. The molecule has 35 heavy (non-hydrogen) atoms. The second-order valence-electron chi connectivity index (χ2n) is 10.5. The minimum atomic E-state index is -0.0108. The minimum absolute atomic E-state index is 0.0108. The number of ether oxygens (including phenoxy) is 1. The molecule has 0 amide bonds. The molecule has 0 aliphatic rings. The van der Waals surface area contributed by atoms with Gasteiger partial charge in [-0.2, -0.15) is 0 Å². The van der Waals surface area contributed by atoms with E-state index in [1.54, 1.807) is 0 Å². The second kappa shape index (κ2) is 20.8. The van der Waals surface area contributed by atoms with E-state index in [2.05, 4.69) is 27.7 Å². The van der Waals surface area contributed by atoms with E-state index in [0.29, 0.717) is 12.4 Å². The van der Waals surface area contributed by atoms with Crippen LogP contribution in [0.25, 0.3) is 0 Å². The van der Waals surface area contributed by atoms with Gasteiger partial charge in [0.1, 0.15) is 0 Å². The van der Waals surface area contributed by atoms with E-state index >= 15 is 0 Å². The zero-order chi connectivity index (χ0) is 25.7. The van der Waals surface area contributed by atoms with Crippen LogP contribution in [0, 0.1) is 0 Å². The molecule has 0 unspecified atom stereocenters. The first-order valence-corrected chi connectivity index (χ1v) is 15.3. The summed E-state index contributed by atoms with van der Waals surface area (Å²) in [6.07, 6.45) is 24.4. The van der Waals surface area contributed by atoms with Gasteiger partial charge in [0.05, 0.1) is 6.61 Å². The molecule has 3 nitrogen and oxygen atoms in total. The molecule has 0 bridgehead atoms. The fourth-order valence-corrected chi connectivity index (χ4v) is 5.09. The molecule has 0 heterocycles. The molecule has 0 aliphatic heterocycles. The fraction of sp³-hybridized carbons (Fsp3) is 0.812. The topological polar surface area (TPSA) is 49.7 Å². The Hall–Kier alpha value is -1.38. The van der Waals surface area contributed by atoms with E-state index in [0.717, 1.165) is 63.4 Å². The quantitative estimate of drug-likeness (QED) is 0.118. The van der Waals surface area contributed by atoms with Crippen molar-refractivity contribution in [3.05, 3.63) is 16.7 Å². The maximum Gasteiger partial charge on any atom is 0.201 e. The summed E-state index contributed by atoms with van der Waals surface area (Å²) in [6, 6.07) is 0. The zero-order valence-electron chi connectivity index (χ0n) is 23.9. The van der Waals surface area contributed by atoms with Crippen LogP contribution in [0.5, 0.6) is 17.2 Å². The van der Waals surface area contributed by atoms with Crippen molar-refractivity contribution >= 4 is 0 Å². The fourth-order valence-electron chi connectivity index (χ4n) is 5.09. The Morgan fingerprint density at radius 1 is 0.429 bits per heavy atom. The van der Waals surface area contributed by atoms with Gasteiger partial charge in [0, 0.05) is 11.1 Å². The van der Waals surface area contributed by atoms with Crippen molar-refractivity contribution in [1.29, 1.82) is 0 Å². The number of unbranched alkanes of at least 4 members (excludes halogenated alkanes) is 14. The average Bonchev–Trinajstić information content (AvgIpc) is 2.86. The molecule has 2 N–H and O–H groups in total. The Bertz CT molecular complexity index is 653. The van der Waals surface area contributed by atoms with Crippen molar-refractivity contribution in [1.82, 2.24) is 0 Å². The molecule has 0 atom stereocenters. The summed E-state index contributed by atoms with van der Waals surface area (Å²) in [5.41, 5.74) is 3.47. The molecule has 204 valence electrons. The highest BCUT2D eigenvalue weighted by Gasteiger charge is 2.24. The lowest BCUT2D eigenvalue weighted by atomic mass is 9.88. The van der Waals surface area contributed by atoms with Crippen LogP contribution in [0.15, 0.2) is 0 Å². The van der Waals surface area contributed by atoms with Crippen LogP contribution in [0.3, 0.4) is 0 Å². The molecule has 0 spiro atoms.